The van der Waals surface area contributed by atoms with Crippen molar-refractivity contribution in [3.8, 4) is 0 Å². The summed E-state index contributed by atoms with van der Waals surface area (Å²) in [6.07, 6.45) is 2.09. The summed E-state index contributed by atoms with van der Waals surface area (Å²) in [4.78, 5) is 12.1. The van der Waals surface area contributed by atoms with Crippen molar-refractivity contribution in [1.82, 2.24) is 15.1 Å². The normalized spacial score (nSPS) is 10.6. The van der Waals surface area contributed by atoms with E-state index in [2.05, 4.69) is 10.4 Å². The van der Waals surface area contributed by atoms with Crippen molar-refractivity contribution in [2.24, 2.45) is 12.8 Å². The number of nitrogens with one attached hydrogen (secondary N) is 1. The summed E-state index contributed by atoms with van der Waals surface area (Å²) in [6.45, 7) is 5.73. The number of hydrogen-bond acceptors (Lipinski definition) is 3. The first-order valence-corrected chi connectivity index (χ1v) is 6.53. The van der Waals surface area contributed by atoms with Gasteiger partial charge >= 0.3 is 0 Å². The van der Waals surface area contributed by atoms with Gasteiger partial charge in [-0.05, 0) is 37.5 Å². The number of fused-ring (bicyclic) bond motifs is 1. The molecule has 0 unspecified atom stereocenters. The summed E-state index contributed by atoms with van der Waals surface area (Å²) in [5.74, 6) is 0.310. The summed E-state index contributed by atoms with van der Waals surface area (Å²) in [5, 5.41) is 8.00. The molecule has 106 valence electrons. The highest BCUT2D eigenvalue weighted by atomic mass is 16.1. The topological polar surface area (TPSA) is 72.9 Å². The molecule has 20 heavy (non-hydrogen) atoms. The van der Waals surface area contributed by atoms with Crippen LogP contribution < -0.4 is 11.1 Å². The van der Waals surface area contributed by atoms with Gasteiger partial charge in [-0.15, -0.1) is 0 Å². The quantitative estimate of drug-likeness (QED) is 0.894. The van der Waals surface area contributed by atoms with Crippen LogP contribution >= 0.6 is 0 Å². The Balaban J connectivity index is 2.34. The average Bonchev–Trinajstić information content (AvgIpc) is 2.74. The second-order valence-corrected chi connectivity index (χ2v) is 5.21. The van der Waals surface area contributed by atoms with Crippen molar-refractivity contribution in [3.63, 3.8) is 0 Å². The molecule has 0 radical (unpaired) electrons. The molecule has 1 amide bonds. The monoisotopic (exact) mass is 272 g/mol. The molecule has 0 aliphatic carbocycles. The molecule has 0 saturated carbocycles. The van der Waals surface area contributed by atoms with Crippen LogP contribution in [0.4, 0.5) is 0 Å². The summed E-state index contributed by atoms with van der Waals surface area (Å²) in [6, 6.07) is 4.03. The maximum absolute atomic E-state index is 12.1. The highest BCUT2D eigenvalue weighted by Crippen LogP contribution is 2.22. The maximum atomic E-state index is 12.1. The average molecular weight is 272 g/mol. The fraction of sp³-hybridized carbons (Fsp3) is 0.333. The minimum absolute atomic E-state index is 0.111. The van der Waals surface area contributed by atoms with Crippen LogP contribution in [0.2, 0.25) is 0 Å². The maximum Gasteiger partial charge on any atom is 0.229 e. The van der Waals surface area contributed by atoms with Crippen LogP contribution in [-0.4, -0.2) is 15.7 Å². The molecule has 1 aromatic carbocycles. The second kappa shape index (κ2) is 5.36. The summed E-state index contributed by atoms with van der Waals surface area (Å²) >= 11 is 0. The molecular formula is C15H20N4O. The number of aromatic nitrogens is 2. The lowest BCUT2D eigenvalue weighted by molar-refractivity contribution is -0.119. The van der Waals surface area contributed by atoms with Crippen molar-refractivity contribution < 1.29 is 4.79 Å². The van der Waals surface area contributed by atoms with Crippen molar-refractivity contribution in [3.05, 3.63) is 40.9 Å². The largest absolute Gasteiger partial charge is 0.385 e. The first kappa shape index (κ1) is 14.1. The van der Waals surface area contributed by atoms with Gasteiger partial charge in [0.1, 0.15) is 5.82 Å². The Labute approximate surface area is 118 Å². The van der Waals surface area contributed by atoms with E-state index < -0.39 is 0 Å². The molecule has 0 atom stereocenters. The van der Waals surface area contributed by atoms with Gasteiger partial charge in [0.05, 0.1) is 18.1 Å². The van der Waals surface area contributed by atoms with Gasteiger partial charge in [-0.25, -0.2) is 0 Å². The lowest BCUT2D eigenvalue weighted by atomic mass is 10.0. The van der Waals surface area contributed by atoms with Crippen LogP contribution in [0.15, 0.2) is 29.7 Å². The van der Waals surface area contributed by atoms with Crippen molar-refractivity contribution in [2.45, 2.75) is 27.2 Å². The first-order chi connectivity index (χ1) is 9.40. The van der Waals surface area contributed by atoms with Crippen molar-refractivity contribution >= 4 is 16.8 Å². The Kier molecular flexibility index (Phi) is 3.79. The zero-order valence-electron chi connectivity index (χ0n) is 12.3. The molecule has 0 bridgehead atoms. The zero-order chi connectivity index (χ0) is 14.9. The van der Waals surface area contributed by atoms with E-state index in [4.69, 9.17) is 5.73 Å². The third kappa shape index (κ3) is 2.66. The van der Waals surface area contributed by atoms with E-state index in [1.807, 2.05) is 40.0 Å². The van der Waals surface area contributed by atoms with Gasteiger partial charge in [0, 0.05) is 12.4 Å². The number of nitrogens with zero attached hydrogens (tertiary/aromatic N) is 2. The number of amides is 1. The van der Waals surface area contributed by atoms with Crippen LogP contribution in [0.25, 0.3) is 10.9 Å². The number of hydrogen-bond donors (Lipinski definition) is 2. The number of benzene rings is 1. The molecule has 2 rings (SSSR count). The molecule has 5 nitrogen and oxygen atoms in total. The Morgan fingerprint density at radius 2 is 2.10 bits per heavy atom. The van der Waals surface area contributed by atoms with E-state index in [9.17, 15) is 4.79 Å². The molecular weight excluding hydrogens is 252 g/mol. The lowest BCUT2D eigenvalue weighted by Gasteiger charge is -2.11. The minimum atomic E-state index is -0.111. The van der Waals surface area contributed by atoms with E-state index in [0.29, 0.717) is 5.82 Å². The van der Waals surface area contributed by atoms with Crippen LogP contribution in [0, 0.1) is 6.92 Å². The highest BCUT2D eigenvalue weighted by Gasteiger charge is 2.13. The van der Waals surface area contributed by atoms with Gasteiger partial charge in [-0.3, -0.25) is 9.48 Å². The SMILES string of the molecule is CC(C)=C(N)NC(=O)Cc1c(C)ccc2cnn(C)c12. The van der Waals surface area contributed by atoms with Gasteiger partial charge in [0.25, 0.3) is 0 Å². The third-order valence-corrected chi connectivity index (χ3v) is 3.39. The Morgan fingerprint density at radius 3 is 2.75 bits per heavy atom. The number of allylic oxidation sites excluding steroid dienone is 1. The standard InChI is InChI=1S/C15H20N4O/c1-9(2)15(16)18-13(20)7-12-10(3)5-6-11-8-17-19(4)14(11)12/h5-6,8H,7,16H2,1-4H3,(H,18,20). The summed E-state index contributed by atoms with van der Waals surface area (Å²) < 4.78 is 1.80. The van der Waals surface area contributed by atoms with Gasteiger partial charge in [-0.1, -0.05) is 12.1 Å². The fourth-order valence-electron chi connectivity index (χ4n) is 2.15. The predicted molar refractivity (Wildman–Crippen MR) is 79.9 cm³/mol. The second-order valence-electron chi connectivity index (χ2n) is 5.21. The van der Waals surface area contributed by atoms with Crippen molar-refractivity contribution in [2.75, 3.05) is 0 Å². The fourth-order valence-corrected chi connectivity index (χ4v) is 2.15. The number of nitrogens with two attached hydrogens (primary N) is 1. The number of rotatable bonds is 3. The zero-order valence-corrected chi connectivity index (χ0v) is 12.3. The van der Waals surface area contributed by atoms with E-state index in [1.165, 1.54) is 0 Å². The van der Waals surface area contributed by atoms with E-state index in [0.717, 1.165) is 27.6 Å². The first-order valence-electron chi connectivity index (χ1n) is 6.53. The van der Waals surface area contributed by atoms with Gasteiger partial charge in [-0.2, -0.15) is 5.10 Å². The van der Waals surface area contributed by atoms with E-state index in [-0.39, 0.29) is 12.3 Å². The van der Waals surface area contributed by atoms with Crippen molar-refractivity contribution in [1.29, 1.82) is 0 Å². The van der Waals surface area contributed by atoms with Gasteiger partial charge < -0.3 is 11.1 Å². The Morgan fingerprint density at radius 1 is 1.40 bits per heavy atom. The van der Waals surface area contributed by atoms with Gasteiger partial charge in [0.2, 0.25) is 5.91 Å². The molecule has 0 aliphatic rings. The number of carbonyl (C=O) groups excluding carboxylic acids is 1. The van der Waals surface area contributed by atoms with Gasteiger partial charge in [0.15, 0.2) is 0 Å². The molecule has 0 spiro atoms. The lowest BCUT2D eigenvalue weighted by Crippen LogP contribution is -2.30. The smallest absolute Gasteiger partial charge is 0.229 e. The van der Waals surface area contributed by atoms with Crippen LogP contribution in [0.1, 0.15) is 25.0 Å². The van der Waals surface area contributed by atoms with Crippen LogP contribution in [0.5, 0.6) is 0 Å². The molecule has 1 heterocycles. The third-order valence-electron chi connectivity index (χ3n) is 3.39. The summed E-state index contributed by atoms with van der Waals surface area (Å²) in [5.41, 5.74) is 9.72. The van der Waals surface area contributed by atoms with Crippen LogP contribution in [0.3, 0.4) is 0 Å². The van der Waals surface area contributed by atoms with E-state index >= 15 is 0 Å². The van der Waals surface area contributed by atoms with E-state index in [1.54, 1.807) is 10.9 Å². The Hall–Kier alpha value is -2.30. The number of aryl methyl sites for hydroxylation is 2. The molecule has 2 aromatic rings. The molecule has 0 aliphatic heterocycles. The number of carbonyl (C=O) groups is 1. The molecule has 1 aromatic heterocycles. The summed E-state index contributed by atoms with van der Waals surface area (Å²) in [7, 11) is 1.88. The predicted octanol–water partition coefficient (Wildman–Crippen LogP) is 1.75. The van der Waals surface area contributed by atoms with Crippen LogP contribution in [-0.2, 0) is 18.3 Å². The minimum Gasteiger partial charge on any atom is -0.385 e. The molecule has 0 fully saturated rings. The molecule has 5 heteroatoms. The highest BCUT2D eigenvalue weighted by molar-refractivity contribution is 5.89. The molecule has 0 saturated heterocycles. The molecule has 3 N–H and O–H groups in total. The Bertz CT molecular complexity index is 693.